The normalized spacial score (nSPS) is 22.0. The maximum absolute atomic E-state index is 11.7. The molecule has 1 saturated carbocycles. The zero-order valence-corrected chi connectivity index (χ0v) is 10.5. The molecule has 1 aliphatic rings. The summed E-state index contributed by atoms with van der Waals surface area (Å²) in [5.41, 5.74) is -0.565. The third kappa shape index (κ3) is 3.76. The lowest BCUT2D eigenvalue weighted by molar-refractivity contribution is -0.123. The molecule has 0 aromatic carbocycles. The van der Waals surface area contributed by atoms with Crippen molar-refractivity contribution in [3.05, 3.63) is 0 Å². The largest absolute Gasteiger partial charge is 0.389 e. The van der Waals surface area contributed by atoms with Crippen LogP contribution >= 0.6 is 0 Å². The van der Waals surface area contributed by atoms with Crippen molar-refractivity contribution < 1.29 is 9.90 Å². The van der Waals surface area contributed by atoms with Crippen LogP contribution in [0.15, 0.2) is 0 Å². The molecular formula is C12H24N2O2. The number of hydrogen-bond acceptors (Lipinski definition) is 3. The summed E-state index contributed by atoms with van der Waals surface area (Å²) >= 11 is 0. The molecule has 0 heterocycles. The Morgan fingerprint density at radius 1 is 1.44 bits per heavy atom. The SMILES string of the molecule is CCC(C)NC(=O)C(C)NCC1(O)CCC1. The minimum absolute atomic E-state index is 0.0114. The standard InChI is InChI=1S/C12H24N2O2/c1-4-9(2)14-11(15)10(3)13-8-12(16)6-5-7-12/h9-10,13,16H,4-8H2,1-3H3,(H,14,15). The van der Waals surface area contributed by atoms with Crippen LogP contribution in [0.25, 0.3) is 0 Å². The Hall–Kier alpha value is -0.610. The summed E-state index contributed by atoms with van der Waals surface area (Å²) in [6.45, 7) is 6.38. The maximum Gasteiger partial charge on any atom is 0.237 e. The first-order chi connectivity index (χ1) is 7.47. The number of hydrogen-bond donors (Lipinski definition) is 3. The second kappa shape index (κ2) is 5.64. The lowest BCUT2D eigenvalue weighted by atomic mass is 9.80. The van der Waals surface area contributed by atoms with Gasteiger partial charge in [0.15, 0.2) is 0 Å². The second-order valence-electron chi connectivity index (χ2n) is 5.00. The first kappa shape index (κ1) is 13.5. The van der Waals surface area contributed by atoms with Crippen molar-refractivity contribution in [3.8, 4) is 0 Å². The number of amides is 1. The van der Waals surface area contributed by atoms with Crippen LogP contribution in [0.3, 0.4) is 0 Å². The molecule has 0 saturated heterocycles. The third-order valence-electron chi connectivity index (χ3n) is 3.42. The molecule has 94 valence electrons. The van der Waals surface area contributed by atoms with E-state index in [1.54, 1.807) is 0 Å². The molecule has 0 aliphatic heterocycles. The quantitative estimate of drug-likeness (QED) is 0.630. The molecule has 0 spiro atoms. The fourth-order valence-electron chi connectivity index (χ4n) is 1.67. The molecule has 16 heavy (non-hydrogen) atoms. The van der Waals surface area contributed by atoms with Gasteiger partial charge in [0, 0.05) is 12.6 Å². The zero-order chi connectivity index (χ0) is 12.2. The Kier molecular flexibility index (Phi) is 4.74. The van der Waals surface area contributed by atoms with Gasteiger partial charge in [-0.25, -0.2) is 0 Å². The van der Waals surface area contributed by atoms with Gasteiger partial charge in [-0.05, 0) is 39.5 Å². The molecule has 2 atom stereocenters. The highest BCUT2D eigenvalue weighted by Crippen LogP contribution is 2.30. The van der Waals surface area contributed by atoms with E-state index < -0.39 is 5.60 Å². The van der Waals surface area contributed by atoms with E-state index in [2.05, 4.69) is 10.6 Å². The molecule has 1 amide bonds. The van der Waals surface area contributed by atoms with E-state index in [0.29, 0.717) is 6.54 Å². The van der Waals surface area contributed by atoms with E-state index in [0.717, 1.165) is 25.7 Å². The maximum atomic E-state index is 11.7. The van der Waals surface area contributed by atoms with Crippen molar-refractivity contribution in [2.75, 3.05) is 6.54 Å². The summed E-state index contributed by atoms with van der Waals surface area (Å²) in [6, 6.07) is -0.0258. The summed E-state index contributed by atoms with van der Waals surface area (Å²) in [6.07, 6.45) is 3.72. The van der Waals surface area contributed by atoms with Gasteiger partial charge in [0.2, 0.25) is 5.91 Å². The topological polar surface area (TPSA) is 61.4 Å². The molecular weight excluding hydrogens is 204 g/mol. The number of aliphatic hydroxyl groups is 1. The molecule has 1 aliphatic carbocycles. The average Bonchev–Trinajstić information content (AvgIpc) is 2.22. The molecule has 0 aromatic rings. The molecule has 4 nitrogen and oxygen atoms in total. The summed E-state index contributed by atoms with van der Waals surface area (Å²) in [4.78, 5) is 11.7. The van der Waals surface area contributed by atoms with Crippen molar-refractivity contribution in [1.82, 2.24) is 10.6 Å². The minimum atomic E-state index is -0.565. The first-order valence-corrected chi connectivity index (χ1v) is 6.23. The first-order valence-electron chi connectivity index (χ1n) is 6.23. The molecule has 3 N–H and O–H groups in total. The molecule has 2 unspecified atom stereocenters. The van der Waals surface area contributed by atoms with E-state index in [1.165, 1.54) is 0 Å². The molecule has 4 heteroatoms. The van der Waals surface area contributed by atoms with Crippen LogP contribution in [-0.2, 0) is 4.79 Å². The van der Waals surface area contributed by atoms with Crippen LogP contribution in [0.2, 0.25) is 0 Å². The van der Waals surface area contributed by atoms with E-state index in [1.807, 2.05) is 20.8 Å². The smallest absolute Gasteiger partial charge is 0.237 e. The Morgan fingerprint density at radius 3 is 2.50 bits per heavy atom. The number of nitrogens with one attached hydrogen (secondary N) is 2. The summed E-state index contributed by atoms with van der Waals surface area (Å²) < 4.78 is 0. The van der Waals surface area contributed by atoms with Gasteiger partial charge < -0.3 is 15.7 Å². The van der Waals surface area contributed by atoms with Gasteiger partial charge in [0.25, 0.3) is 0 Å². The van der Waals surface area contributed by atoms with Crippen LogP contribution in [0.1, 0.15) is 46.5 Å². The Morgan fingerprint density at radius 2 is 2.06 bits per heavy atom. The fourth-order valence-corrected chi connectivity index (χ4v) is 1.67. The van der Waals surface area contributed by atoms with Gasteiger partial charge in [-0.1, -0.05) is 6.92 Å². The summed E-state index contributed by atoms with van der Waals surface area (Å²) in [7, 11) is 0. The fraction of sp³-hybridized carbons (Fsp3) is 0.917. The van der Waals surface area contributed by atoms with Gasteiger partial charge in [-0.3, -0.25) is 4.79 Å². The van der Waals surface area contributed by atoms with Crippen LogP contribution < -0.4 is 10.6 Å². The zero-order valence-electron chi connectivity index (χ0n) is 10.5. The van der Waals surface area contributed by atoms with Crippen molar-refractivity contribution in [2.45, 2.75) is 64.1 Å². The van der Waals surface area contributed by atoms with Crippen molar-refractivity contribution in [2.24, 2.45) is 0 Å². The lowest BCUT2D eigenvalue weighted by Crippen LogP contribution is -2.52. The van der Waals surface area contributed by atoms with Gasteiger partial charge in [-0.15, -0.1) is 0 Å². The highest BCUT2D eigenvalue weighted by atomic mass is 16.3. The van der Waals surface area contributed by atoms with Crippen molar-refractivity contribution >= 4 is 5.91 Å². The highest BCUT2D eigenvalue weighted by molar-refractivity contribution is 5.81. The molecule has 1 fully saturated rings. The van der Waals surface area contributed by atoms with Crippen molar-refractivity contribution in [3.63, 3.8) is 0 Å². The summed E-state index contributed by atoms with van der Waals surface area (Å²) in [5.74, 6) is 0.0114. The molecule has 1 rings (SSSR count). The predicted octanol–water partition coefficient (Wildman–Crippen LogP) is 0.794. The van der Waals surface area contributed by atoms with E-state index in [9.17, 15) is 9.90 Å². The second-order valence-corrected chi connectivity index (χ2v) is 5.00. The number of carbonyl (C=O) groups is 1. The lowest BCUT2D eigenvalue weighted by Gasteiger charge is -2.37. The van der Waals surface area contributed by atoms with Gasteiger partial charge in [-0.2, -0.15) is 0 Å². The van der Waals surface area contributed by atoms with E-state index in [4.69, 9.17) is 0 Å². The highest BCUT2D eigenvalue weighted by Gasteiger charge is 2.34. The molecule has 0 aromatic heterocycles. The van der Waals surface area contributed by atoms with Gasteiger partial charge in [0.05, 0.1) is 11.6 Å². The van der Waals surface area contributed by atoms with E-state index in [-0.39, 0.29) is 18.0 Å². The average molecular weight is 228 g/mol. The molecule has 0 bridgehead atoms. The Bertz CT molecular complexity index is 239. The Balaban J connectivity index is 2.23. The van der Waals surface area contributed by atoms with Crippen LogP contribution in [0.4, 0.5) is 0 Å². The van der Waals surface area contributed by atoms with Crippen LogP contribution in [-0.4, -0.2) is 35.2 Å². The van der Waals surface area contributed by atoms with Crippen LogP contribution in [0.5, 0.6) is 0 Å². The van der Waals surface area contributed by atoms with Crippen molar-refractivity contribution in [1.29, 1.82) is 0 Å². The van der Waals surface area contributed by atoms with E-state index >= 15 is 0 Å². The van der Waals surface area contributed by atoms with Crippen LogP contribution in [0, 0.1) is 0 Å². The van der Waals surface area contributed by atoms with Gasteiger partial charge >= 0.3 is 0 Å². The Labute approximate surface area is 97.8 Å². The third-order valence-corrected chi connectivity index (χ3v) is 3.42. The number of carbonyl (C=O) groups excluding carboxylic acids is 1. The minimum Gasteiger partial charge on any atom is -0.389 e. The van der Waals surface area contributed by atoms with Gasteiger partial charge in [0.1, 0.15) is 0 Å². The number of rotatable bonds is 6. The predicted molar refractivity (Wildman–Crippen MR) is 64.2 cm³/mol. The monoisotopic (exact) mass is 228 g/mol. The summed E-state index contributed by atoms with van der Waals surface area (Å²) in [5, 5.41) is 15.9. The molecule has 0 radical (unpaired) electrons.